The average molecular weight is 317 g/mol. The van der Waals surface area contributed by atoms with E-state index in [4.69, 9.17) is 14.0 Å². The Bertz CT molecular complexity index is 709. The van der Waals surface area contributed by atoms with Gasteiger partial charge in [-0.3, -0.25) is 4.79 Å². The summed E-state index contributed by atoms with van der Waals surface area (Å²) < 4.78 is 15.7. The molecule has 1 aliphatic carbocycles. The first-order valence-corrected chi connectivity index (χ1v) is 7.48. The van der Waals surface area contributed by atoms with Gasteiger partial charge in [-0.2, -0.15) is 4.98 Å². The van der Waals surface area contributed by atoms with Crippen molar-refractivity contribution in [1.82, 2.24) is 15.5 Å². The number of rotatable bonds is 6. The van der Waals surface area contributed by atoms with E-state index in [1.807, 2.05) is 13.0 Å². The first-order chi connectivity index (χ1) is 11.1. The summed E-state index contributed by atoms with van der Waals surface area (Å²) in [5.74, 6) is 2.22. The lowest BCUT2D eigenvalue weighted by Gasteiger charge is -2.08. The standard InChI is InChI=1S/C16H19N3O4/c1-9(17-15(20)10-4-5-10)16-18-14(19-23-16)11-6-7-12(21-2)13(8-11)22-3/h6-10H,4-5H2,1-3H3,(H,17,20)/t9-/m0/s1. The summed E-state index contributed by atoms with van der Waals surface area (Å²) in [4.78, 5) is 16.1. The number of hydrogen-bond acceptors (Lipinski definition) is 6. The van der Waals surface area contributed by atoms with Crippen LogP contribution in [0.5, 0.6) is 11.5 Å². The van der Waals surface area contributed by atoms with Gasteiger partial charge < -0.3 is 19.3 Å². The van der Waals surface area contributed by atoms with Gasteiger partial charge >= 0.3 is 0 Å². The van der Waals surface area contributed by atoms with Crippen molar-refractivity contribution >= 4 is 5.91 Å². The van der Waals surface area contributed by atoms with Gasteiger partial charge in [-0.15, -0.1) is 0 Å². The van der Waals surface area contributed by atoms with Gasteiger partial charge in [0.1, 0.15) is 6.04 Å². The molecule has 1 fully saturated rings. The first kappa shape index (κ1) is 15.3. The van der Waals surface area contributed by atoms with Crippen LogP contribution in [0.15, 0.2) is 22.7 Å². The quantitative estimate of drug-likeness (QED) is 0.880. The van der Waals surface area contributed by atoms with Crippen molar-refractivity contribution in [3.63, 3.8) is 0 Å². The minimum absolute atomic E-state index is 0.0448. The SMILES string of the molecule is COc1ccc(-c2noc([C@H](C)NC(=O)C3CC3)n2)cc1OC. The Morgan fingerprint density at radius 2 is 2.04 bits per heavy atom. The van der Waals surface area contributed by atoms with Gasteiger partial charge in [-0.05, 0) is 38.0 Å². The van der Waals surface area contributed by atoms with Crippen LogP contribution in [0.2, 0.25) is 0 Å². The third-order valence-corrected chi connectivity index (χ3v) is 3.76. The minimum Gasteiger partial charge on any atom is -0.493 e. The Morgan fingerprint density at radius 1 is 1.30 bits per heavy atom. The van der Waals surface area contributed by atoms with E-state index < -0.39 is 0 Å². The molecule has 1 amide bonds. The molecule has 0 bridgehead atoms. The van der Waals surface area contributed by atoms with Crippen molar-refractivity contribution < 1.29 is 18.8 Å². The lowest BCUT2D eigenvalue weighted by Crippen LogP contribution is -2.28. The van der Waals surface area contributed by atoms with Crippen molar-refractivity contribution in [2.24, 2.45) is 5.92 Å². The van der Waals surface area contributed by atoms with Gasteiger partial charge in [0.15, 0.2) is 11.5 Å². The summed E-state index contributed by atoms with van der Waals surface area (Å²) in [5.41, 5.74) is 0.748. The molecule has 2 aromatic rings. The molecule has 1 aliphatic rings. The number of nitrogens with one attached hydrogen (secondary N) is 1. The van der Waals surface area contributed by atoms with Crippen LogP contribution >= 0.6 is 0 Å². The summed E-state index contributed by atoms with van der Waals surface area (Å²) >= 11 is 0. The molecule has 0 unspecified atom stereocenters. The predicted molar refractivity (Wildman–Crippen MR) is 82.1 cm³/mol. The third-order valence-electron chi connectivity index (χ3n) is 3.76. The maximum absolute atomic E-state index is 11.8. The van der Waals surface area contributed by atoms with Crippen molar-refractivity contribution in [2.75, 3.05) is 14.2 Å². The molecular weight excluding hydrogens is 298 g/mol. The predicted octanol–water partition coefficient (Wildman–Crippen LogP) is 2.34. The van der Waals surface area contributed by atoms with E-state index in [1.54, 1.807) is 26.4 Å². The van der Waals surface area contributed by atoms with E-state index in [1.165, 1.54) is 0 Å². The van der Waals surface area contributed by atoms with E-state index in [0.29, 0.717) is 23.2 Å². The highest BCUT2D eigenvalue weighted by molar-refractivity contribution is 5.81. The maximum Gasteiger partial charge on any atom is 0.249 e. The highest BCUT2D eigenvalue weighted by atomic mass is 16.5. The second-order valence-electron chi connectivity index (χ2n) is 5.53. The monoisotopic (exact) mass is 317 g/mol. The van der Waals surface area contributed by atoms with Crippen LogP contribution in [-0.4, -0.2) is 30.3 Å². The molecule has 23 heavy (non-hydrogen) atoms. The number of hydrogen-bond donors (Lipinski definition) is 1. The molecule has 0 saturated heterocycles. The number of methoxy groups -OCH3 is 2. The Morgan fingerprint density at radius 3 is 2.70 bits per heavy atom. The largest absolute Gasteiger partial charge is 0.493 e. The average Bonchev–Trinajstić information content (AvgIpc) is 3.31. The van der Waals surface area contributed by atoms with Crippen LogP contribution in [0.25, 0.3) is 11.4 Å². The summed E-state index contributed by atoms with van der Waals surface area (Å²) in [5, 5.41) is 6.86. The molecule has 0 aliphatic heterocycles. The van der Waals surface area contributed by atoms with Crippen LogP contribution < -0.4 is 14.8 Å². The zero-order valence-electron chi connectivity index (χ0n) is 13.3. The van der Waals surface area contributed by atoms with Gasteiger partial charge in [-0.1, -0.05) is 5.16 Å². The van der Waals surface area contributed by atoms with Crippen molar-refractivity contribution in [2.45, 2.75) is 25.8 Å². The number of carbonyl (C=O) groups is 1. The van der Waals surface area contributed by atoms with Crippen LogP contribution in [-0.2, 0) is 4.79 Å². The third kappa shape index (κ3) is 3.28. The highest BCUT2D eigenvalue weighted by Gasteiger charge is 2.31. The van der Waals surface area contributed by atoms with Crippen molar-refractivity contribution in [1.29, 1.82) is 0 Å². The van der Waals surface area contributed by atoms with Gasteiger partial charge in [0, 0.05) is 11.5 Å². The molecule has 3 rings (SSSR count). The maximum atomic E-state index is 11.8. The lowest BCUT2D eigenvalue weighted by molar-refractivity contribution is -0.123. The lowest BCUT2D eigenvalue weighted by atomic mass is 10.2. The molecule has 1 heterocycles. The number of aromatic nitrogens is 2. The van der Waals surface area contributed by atoms with E-state index >= 15 is 0 Å². The number of benzene rings is 1. The van der Waals surface area contributed by atoms with Crippen molar-refractivity contribution in [3.8, 4) is 22.9 Å². The van der Waals surface area contributed by atoms with Gasteiger partial charge in [0.05, 0.1) is 14.2 Å². The van der Waals surface area contributed by atoms with Crippen LogP contribution in [0.1, 0.15) is 31.7 Å². The van der Waals surface area contributed by atoms with Crippen LogP contribution in [0.3, 0.4) is 0 Å². The second kappa shape index (κ2) is 6.28. The Kier molecular flexibility index (Phi) is 4.18. The highest BCUT2D eigenvalue weighted by Crippen LogP contribution is 2.32. The summed E-state index contributed by atoms with van der Waals surface area (Å²) in [6.07, 6.45) is 1.92. The topological polar surface area (TPSA) is 86.5 Å². The molecule has 1 aromatic carbocycles. The number of ether oxygens (including phenoxy) is 2. The Hall–Kier alpha value is -2.57. The normalized spacial score (nSPS) is 15.1. The van der Waals surface area contributed by atoms with Crippen LogP contribution in [0, 0.1) is 5.92 Å². The molecule has 7 nitrogen and oxygen atoms in total. The van der Waals surface area contributed by atoms with Gasteiger partial charge in [0.2, 0.25) is 17.6 Å². The van der Waals surface area contributed by atoms with E-state index in [2.05, 4.69) is 15.5 Å². The summed E-state index contributed by atoms with van der Waals surface area (Å²) in [6, 6.07) is 5.07. The van der Waals surface area contributed by atoms with Crippen molar-refractivity contribution in [3.05, 3.63) is 24.1 Å². The first-order valence-electron chi connectivity index (χ1n) is 7.48. The Balaban J connectivity index is 1.76. The summed E-state index contributed by atoms with van der Waals surface area (Å²) in [6.45, 7) is 1.83. The second-order valence-corrected chi connectivity index (χ2v) is 5.53. The molecule has 1 aromatic heterocycles. The number of nitrogens with zero attached hydrogens (tertiary/aromatic N) is 2. The molecule has 0 spiro atoms. The smallest absolute Gasteiger partial charge is 0.249 e. The Labute approximate surface area is 134 Å². The molecular formula is C16H19N3O4. The molecule has 122 valence electrons. The molecule has 7 heteroatoms. The molecule has 1 N–H and O–H groups in total. The van der Waals surface area contributed by atoms with Gasteiger partial charge in [0.25, 0.3) is 0 Å². The zero-order valence-corrected chi connectivity index (χ0v) is 13.3. The number of amides is 1. The van der Waals surface area contributed by atoms with Crippen LogP contribution in [0.4, 0.5) is 0 Å². The fourth-order valence-corrected chi connectivity index (χ4v) is 2.24. The fourth-order valence-electron chi connectivity index (χ4n) is 2.24. The minimum atomic E-state index is -0.315. The number of carbonyl (C=O) groups excluding carboxylic acids is 1. The van der Waals surface area contributed by atoms with E-state index in [9.17, 15) is 4.79 Å². The van der Waals surface area contributed by atoms with Gasteiger partial charge in [-0.25, -0.2) is 0 Å². The molecule has 1 saturated carbocycles. The fraction of sp³-hybridized carbons (Fsp3) is 0.438. The summed E-state index contributed by atoms with van der Waals surface area (Å²) in [7, 11) is 3.15. The molecule has 1 atom stereocenters. The van der Waals surface area contributed by atoms with E-state index in [0.717, 1.165) is 18.4 Å². The van der Waals surface area contributed by atoms with E-state index in [-0.39, 0.29) is 17.9 Å². The zero-order chi connectivity index (χ0) is 16.4. The molecule has 0 radical (unpaired) electrons.